The van der Waals surface area contributed by atoms with Gasteiger partial charge in [-0.1, -0.05) is 12.1 Å². The minimum Gasteiger partial charge on any atom is -0.440 e. The van der Waals surface area contributed by atoms with Crippen molar-refractivity contribution in [1.29, 1.82) is 0 Å². The first kappa shape index (κ1) is 14.7. The molecule has 126 valence electrons. The molecule has 25 heavy (non-hydrogen) atoms. The number of amides is 1. The molecule has 4 heterocycles. The van der Waals surface area contributed by atoms with Crippen LogP contribution in [0.2, 0.25) is 0 Å². The van der Waals surface area contributed by atoms with Crippen LogP contribution in [-0.2, 0) is 0 Å². The van der Waals surface area contributed by atoms with Crippen LogP contribution in [0.1, 0.15) is 35.1 Å². The van der Waals surface area contributed by atoms with Gasteiger partial charge >= 0.3 is 0 Å². The molecule has 0 saturated carbocycles. The molecule has 1 amide bonds. The lowest BCUT2D eigenvalue weighted by atomic mass is 9.96. The summed E-state index contributed by atoms with van der Waals surface area (Å²) in [7, 11) is 0. The van der Waals surface area contributed by atoms with Gasteiger partial charge in [-0.05, 0) is 25.0 Å². The number of likely N-dealkylation sites (tertiary alicyclic amines) is 1. The van der Waals surface area contributed by atoms with Gasteiger partial charge in [0.1, 0.15) is 11.2 Å². The molecule has 1 aromatic carbocycles. The minimum atomic E-state index is 0.00640. The van der Waals surface area contributed by atoms with Gasteiger partial charge in [-0.25, -0.2) is 9.97 Å². The smallest absolute Gasteiger partial charge is 0.274 e. The summed E-state index contributed by atoms with van der Waals surface area (Å²) in [6.07, 6.45) is 5.45. The second-order valence-electron chi connectivity index (χ2n) is 6.31. The van der Waals surface area contributed by atoms with E-state index in [9.17, 15) is 4.79 Å². The Kier molecular flexibility index (Phi) is 3.34. The Morgan fingerprint density at radius 1 is 1.20 bits per heavy atom. The molecule has 0 N–H and O–H groups in total. The maximum atomic E-state index is 12.7. The lowest BCUT2D eigenvalue weighted by Crippen LogP contribution is -2.38. The number of para-hydroxylation sites is 2. The summed E-state index contributed by atoms with van der Waals surface area (Å²) in [4.78, 5) is 24.4. The van der Waals surface area contributed by atoms with Crippen molar-refractivity contribution in [3.05, 3.63) is 53.6 Å². The first-order chi connectivity index (χ1) is 12.3. The molecule has 3 aromatic heterocycles. The Hall–Kier alpha value is -2.67. The Morgan fingerprint density at radius 2 is 2.04 bits per heavy atom. The number of carbonyl (C=O) groups excluding carboxylic acids is 1. The fraction of sp³-hybridized carbons (Fsp3) is 0.278. The van der Waals surface area contributed by atoms with Crippen molar-refractivity contribution in [3.63, 3.8) is 0 Å². The van der Waals surface area contributed by atoms with Crippen molar-refractivity contribution in [1.82, 2.24) is 19.3 Å². The topological polar surface area (TPSA) is 63.6 Å². The number of carbonyl (C=O) groups is 1. The molecule has 1 aliphatic rings. The van der Waals surface area contributed by atoms with Gasteiger partial charge in [0.05, 0.1) is 0 Å². The molecule has 0 spiro atoms. The van der Waals surface area contributed by atoms with E-state index in [1.54, 1.807) is 6.20 Å². The van der Waals surface area contributed by atoms with Gasteiger partial charge in [0.2, 0.25) is 0 Å². The van der Waals surface area contributed by atoms with Crippen LogP contribution in [0.15, 0.2) is 46.5 Å². The number of aromatic nitrogens is 3. The highest BCUT2D eigenvalue weighted by Gasteiger charge is 2.28. The summed E-state index contributed by atoms with van der Waals surface area (Å²) in [5, 5.41) is 1.96. The van der Waals surface area contributed by atoms with Crippen molar-refractivity contribution in [2.75, 3.05) is 13.1 Å². The van der Waals surface area contributed by atoms with Crippen molar-refractivity contribution < 1.29 is 9.21 Å². The van der Waals surface area contributed by atoms with E-state index in [0.29, 0.717) is 18.8 Å². The van der Waals surface area contributed by atoms with Crippen LogP contribution in [0.3, 0.4) is 0 Å². The normalized spacial score (nSPS) is 16.1. The molecular formula is C18H16N4O2S. The third kappa shape index (κ3) is 2.51. The molecule has 0 bridgehead atoms. The first-order valence-electron chi connectivity index (χ1n) is 8.35. The number of hydrogen-bond acceptors (Lipinski definition) is 5. The van der Waals surface area contributed by atoms with E-state index in [2.05, 4.69) is 9.97 Å². The predicted molar refractivity (Wildman–Crippen MR) is 95.0 cm³/mol. The number of hydrogen-bond donors (Lipinski definition) is 0. The third-order valence-electron chi connectivity index (χ3n) is 4.75. The van der Waals surface area contributed by atoms with Gasteiger partial charge in [-0.2, -0.15) is 0 Å². The number of nitrogens with zero attached hydrogens (tertiary/aromatic N) is 4. The number of piperidine rings is 1. The van der Waals surface area contributed by atoms with Gasteiger partial charge in [-0.15, -0.1) is 11.3 Å². The van der Waals surface area contributed by atoms with Crippen molar-refractivity contribution in [2.24, 2.45) is 0 Å². The van der Waals surface area contributed by atoms with Crippen LogP contribution >= 0.6 is 11.3 Å². The minimum absolute atomic E-state index is 0.00640. The number of imidazole rings is 1. The van der Waals surface area contributed by atoms with Gasteiger partial charge in [0, 0.05) is 36.8 Å². The zero-order chi connectivity index (χ0) is 16.8. The van der Waals surface area contributed by atoms with E-state index in [4.69, 9.17) is 4.42 Å². The van der Waals surface area contributed by atoms with E-state index >= 15 is 0 Å². The van der Waals surface area contributed by atoms with Crippen LogP contribution in [0.25, 0.3) is 16.1 Å². The summed E-state index contributed by atoms with van der Waals surface area (Å²) < 4.78 is 7.78. The summed E-state index contributed by atoms with van der Waals surface area (Å²) >= 11 is 1.53. The van der Waals surface area contributed by atoms with Crippen LogP contribution in [-0.4, -0.2) is 38.3 Å². The van der Waals surface area contributed by atoms with E-state index in [0.717, 1.165) is 34.8 Å². The average Bonchev–Trinajstić information content (AvgIpc) is 3.35. The van der Waals surface area contributed by atoms with E-state index < -0.39 is 0 Å². The van der Waals surface area contributed by atoms with Gasteiger partial charge in [0.25, 0.3) is 5.91 Å². The third-order valence-corrected chi connectivity index (χ3v) is 5.52. The van der Waals surface area contributed by atoms with Gasteiger partial charge in [0.15, 0.2) is 16.4 Å². The fourth-order valence-corrected chi connectivity index (χ4v) is 4.09. The molecule has 0 atom stereocenters. The van der Waals surface area contributed by atoms with E-state index in [1.807, 2.05) is 45.1 Å². The van der Waals surface area contributed by atoms with E-state index in [-0.39, 0.29) is 11.8 Å². The quantitative estimate of drug-likeness (QED) is 0.553. The molecular weight excluding hydrogens is 336 g/mol. The number of oxazole rings is 1. The monoisotopic (exact) mass is 352 g/mol. The Balaban J connectivity index is 1.30. The molecule has 0 aliphatic carbocycles. The van der Waals surface area contributed by atoms with Crippen LogP contribution < -0.4 is 0 Å². The lowest BCUT2D eigenvalue weighted by Gasteiger charge is -2.30. The van der Waals surface area contributed by atoms with Crippen LogP contribution in [0, 0.1) is 0 Å². The molecule has 7 heteroatoms. The number of rotatable bonds is 2. The Labute approximate surface area is 147 Å². The van der Waals surface area contributed by atoms with Crippen molar-refractivity contribution in [2.45, 2.75) is 18.8 Å². The standard InChI is InChI=1S/C18H16N4O2S/c23-17(14-11-22-9-10-25-18(22)20-14)21-7-5-12(6-8-21)16-19-13-3-1-2-4-15(13)24-16/h1-4,9-12H,5-8H2. The number of benzene rings is 1. The highest BCUT2D eigenvalue weighted by atomic mass is 32.1. The Bertz CT molecular complexity index is 994. The maximum absolute atomic E-state index is 12.7. The zero-order valence-electron chi connectivity index (χ0n) is 13.5. The molecule has 4 aromatic rings. The van der Waals surface area contributed by atoms with Crippen molar-refractivity contribution in [3.8, 4) is 0 Å². The molecule has 6 nitrogen and oxygen atoms in total. The first-order valence-corrected chi connectivity index (χ1v) is 9.23. The predicted octanol–water partition coefficient (Wildman–Crippen LogP) is 3.56. The SMILES string of the molecule is O=C(c1cn2ccsc2n1)N1CCC(c2nc3ccccc3o2)CC1. The Morgan fingerprint density at radius 3 is 2.84 bits per heavy atom. The number of fused-ring (bicyclic) bond motifs is 2. The van der Waals surface area contributed by atoms with Crippen LogP contribution in [0.5, 0.6) is 0 Å². The number of thiazole rings is 1. The fourth-order valence-electron chi connectivity index (χ4n) is 3.39. The molecule has 1 fully saturated rings. The molecule has 0 radical (unpaired) electrons. The molecule has 5 rings (SSSR count). The molecule has 1 saturated heterocycles. The maximum Gasteiger partial charge on any atom is 0.274 e. The largest absolute Gasteiger partial charge is 0.440 e. The molecule has 1 aliphatic heterocycles. The average molecular weight is 352 g/mol. The second kappa shape index (κ2) is 5.70. The summed E-state index contributed by atoms with van der Waals surface area (Å²) in [5.41, 5.74) is 2.25. The summed E-state index contributed by atoms with van der Waals surface area (Å²) in [5.74, 6) is 1.06. The summed E-state index contributed by atoms with van der Waals surface area (Å²) in [6.45, 7) is 1.40. The zero-order valence-corrected chi connectivity index (χ0v) is 14.3. The lowest BCUT2D eigenvalue weighted by molar-refractivity contribution is 0.0701. The van der Waals surface area contributed by atoms with Gasteiger partial charge < -0.3 is 9.32 Å². The molecule has 0 unspecified atom stereocenters. The van der Waals surface area contributed by atoms with E-state index in [1.165, 1.54) is 11.3 Å². The van der Waals surface area contributed by atoms with Gasteiger partial charge in [-0.3, -0.25) is 9.20 Å². The summed E-state index contributed by atoms with van der Waals surface area (Å²) in [6, 6.07) is 7.82. The van der Waals surface area contributed by atoms with Crippen molar-refractivity contribution >= 4 is 33.3 Å². The highest BCUT2D eigenvalue weighted by Crippen LogP contribution is 2.30. The highest BCUT2D eigenvalue weighted by molar-refractivity contribution is 7.15. The second-order valence-corrected chi connectivity index (χ2v) is 7.18. The van der Waals surface area contributed by atoms with Crippen LogP contribution in [0.4, 0.5) is 0 Å².